The third-order valence-corrected chi connectivity index (χ3v) is 2.47. The second-order valence-corrected chi connectivity index (χ2v) is 3.96. The summed E-state index contributed by atoms with van der Waals surface area (Å²) in [6.45, 7) is 0.167. The van der Waals surface area contributed by atoms with Gasteiger partial charge < -0.3 is 11.1 Å². The van der Waals surface area contributed by atoms with E-state index in [1.54, 1.807) is 0 Å². The van der Waals surface area contributed by atoms with Gasteiger partial charge >= 0.3 is 0 Å². The molecule has 0 atom stereocenters. The molecule has 0 radical (unpaired) electrons. The second-order valence-electron chi connectivity index (χ2n) is 3.96. The van der Waals surface area contributed by atoms with Crippen molar-refractivity contribution in [3.05, 3.63) is 57.6 Å². The summed E-state index contributed by atoms with van der Waals surface area (Å²) in [5, 5.41) is 8.15. The van der Waals surface area contributed by atoms with Gasteiger partial charge in [0, 0.05) is 11.6 Å². The summed E-state index contributed by atoms with van der Waals surface area (Å²) in [4.78, 5) is 22.9. The summed E-state index contributed by atoms with van der Waals surface area (Å²) in [5.74, 6) is 4.06. The number of nitrogens with zero attached hydrogens (tertiary/aromatic N) is 1. The zero-order chi connectivity index (χ0) is 15.2. The van der Waals surface area contributed by atoms with Crippen LogP contribution in [-0.2, 0) is 0 Å². The van der Waals surface area contributed by atoms with Gasteiger partial charge in [-0.25, -0.2) is 9.49 Å². The van der Waals surface area contributed by atoms with Gasteiger partial charge in [0.05, 0.1) is 12.1 Å². The summed E-state index contributed by atoms with van der Waals surface area (Å²) >= 11 is 0. The van der Waals surface area contributed by atoms with Gasteiger partial charge in [0.2, 0.25) is 0 Å². The molecule has 0 unspecified atom stereocenters. The molecule has 7 heteroatoms. The van der Waals surface area contributed by atoms with Gasteiger partial charge in [0.15, 0.2) is 5.82 Å². The highest BCUT2D eigenvalue weighted by atomic mass is 19.1. The largest absolute Gasteiger partial charge is 0.320 e. The van der Waals surface area contributed by atoms with Crippen LogP contribution in [0, 0.1) is 17.7 Å². The molecule has 0 aliphatic carbocycles. The average Bonchev–Trinajstić information content (AvgIpc) is 2.48. The van der Waals surface area contributed by atoms with E-state index >= 15 is 0 Å². The molecule has 0 bridgehead atoms. The maximum atomic E-state index is 13.7. The van der Waals surface area contributed by atoms with Crippen LogP contribution >= 0.6 is 0 Å². The van der Waals surface area contributed by atoms with Crippen molar-refractivity contribution in [3.8, 4) is 11.8 Å². The number of halogens is 1. The van der Waals surface area contributed by atoms with Gasteiger partial charge in [-0.15, -0.1) is 0 Å². The average molecular weight is 286 g/mol. The Kier molecular flexibility index (Phi) is 4.43. The molecule has 0 spiro atoms. The first-order valence-electron chi connectivity index (χ1n) is 5.95. The van der Waals surface area contributed by atoms with Crippen LogP contribution in [0.25, 0.3) is 0 Å². The van der Waals surface area contributed by atoms with Crippen molar-refractivity contribution in [2.45, 2.75) is 0 Å². The number of anilines is 1. The maximum Gasteiger partial charge on any atom is 0.264 e. The third kappa shape index (κ3) is 3.75. The molecule has 0 fully saturated rings. The summed E-state index contributed by atoms with van der Waals surface area (Å²) in [6, 6.07) is 6.43. The minimum atomic E-state index is -0.691. The van der Waals surface area contributed by atoms with Crippen LogP contribution in [0.1, 0.15) is 15.9 Å². The molecule has 0 saturated heterocycles. The Morgan fingerprint density at radius 1 is 1.38 bits per heavy atom. The SMILES string of the molecule is NCC#Cc1ccc(F)c(C(=O)Nc2ccc(=O)[nH]n2)c1. The highest BCUT2D eigenvalue weighted by Crippen LogP contribution is 2.12. The summed E-state index contributed by atoms with van der Waals surface area (Å²) < 4.78 is 13.7. The summed E-state index contributed by atoms with van der Waals surface area (Å²) in [6.07, 6.45) is 0. The molecule has 1 aromatic heterocycles. The van der Waals surface area contributed by atoms with Crippen LogP contribution in [-0.4, -0.2) is 22.6 Å². The van der Waals surface area contributed by atoms with Gasteiger partial charge in [-0.05, 0) is 24.3 Å². The zero-order valence-electron chi connectivity index (χ0n) is 10.8. The third-order valence-electron chi connectivity index (χ3n) is 2.47. The molecule has 2 aromatic rings. The normalized spacial score (nSPS) is 9.62. The maximum absolute atomic E-state index is 13.7. The fourth-order valence-corrected chi connectivity index (χ4v) is 1.53. The van der Waals surface area contributed by atoms with E-state index < -0.39 is 17.3 Å². The predicted molar refractivity (Wildman–Crippen MR) is 75.1 cm³/mol. The number of rotatable bonds is 2. The number of aromatic amines is 1. The lowest BCUT2D eigenvalue weighted by Crippen LogP contribution is -2.17. The van der Waals surface area contributed by atoms with Gasteiger partial charge in [-0.2, -0.15) is 5.10 Å². The van der Waals surface area contributed by atoms with E-state index in [0.29, 0.717) is 5.56 Å². The van der Waals surface area contributed by atoms with Crippen LogP contribution in [0.4, 0.5) is 10.2 Å². The summed E-state index contributed by atoms with van der Waals surface area (Å²) in [7, 11) is 0. The van der Waals surface area contributed by atoms with E-state index in [4.69, 9.17) is 5.73 Å². The first kappa shape index (κ1) is 14.4. The molecule has 6 nitrogen and oxygen atoms in total. The van der Waals surface area contributed by atoms with Crippen LogP contribution < -0.4 is 16.6 Å². The van der Waals surface area contributed by atoms with E-state index in [2.05, 4.69) is 27.4 Å². The molecule has 0 aliphatic rings. The monoisotopic (exact) mass is 286 g/mol. The number of carbonyl (C=O) groups excluding carboxylic acids is 1. The van der Waals surface area contributed by atoms with E-state index in [1.165, 1.54) is 24.3 Å². The second kappa shape index (κ2) is 6.45. The van der Waals surface area contributed by atoms with Crippen molar-refractivity contribution < 1.29 is 9.18 Å². The van der Waals surface area contributed by atoms with E-state index in [1.807, 2.05) is 0 Å². The van der Waals surface area contributed by atoms with Crippen molar-refractivity contribution in [2.75, 3.05) is 11.9 Å². The number of carbonyl (C=O) groups is 1. The first-order chi connectivity index (χ1) is 10.1. The number of hydrogen-bond donors (Lipinski definition) is 3. The molecule has 1 amide bonds. The lowest BCUT2D eigenvalue weighted by atomic mass is 10.1. The molecule has 0 saturated carbocycles. The van der Waals surface area contributed by atoms with Crippen LogP contribution in [0.15, 0.2) is 35.1 Å². The number of amides is 1. The van der Waals surface area contributed by atoms with Crippen molar-refractivity contribution >= 4 is 11.7 Å². The minimum Gasteiger partial charge on any atom is -0.320 e. The Hall–Kier alpha value is -2.98. The van der Waals surface area contributed by atoms with E-state index in [0.717, 1.165) is 6.07 Å². The number of nitrogens with two attached hydrogens (primary N) is 1. The number of benzene rings is 1. The lowest BCUT2D eigenvalue weighted by molar-refractivity contribution is 0.102. The lowest BCUT2D eigenvalue weighted by Gasteiger charge is -2.05. The molecule has 21 heavy (non-hydrogen) atoms. The van der Waals surface area contributed by atoms with Crippen molar-refractivity contribution in [1.29, 1.82) is 0 Å². The molecule has 4 N–H and O–H groups in total. The van der Waals surface area contributed by atoms with Crippen LogP contribution in [0.5, 0.6) is 0 Å². The smallest absolute Gasteiger partial charge is 0.264 e. The fourth-order valence-electron chi connectivity index (χ4n) is 1.53. The molecule has 0 aliphatic heterocycles. The van der Waals surface area contributed by atoms with Crippen molar-refractivity contribution in [1.82, 2.24) is 10.2 Å². The molecule has 106 valence electrons. The van der Waals surface area contributed by atoms with Gasteiger partial charge in [-0.1, -0.05) is 11.8 Å². The van der Waals surface area contributed by atoms with E-state index in [-0.39, 0.29) is 17.9 Å². The fraction of sp³-hybridized carbons (Fsp3) is 0.0714. The first-order valence-corrected chi connectivity index (χ1v) is 5.95. The van der Waals surface area contributed by atoms with Crippen LogP contribution in [0.2, 0.25) is 0 Å². The minimum absolute atomic E-state index is 0.109. The number of hydrogen-bond acceptors (Lipinski definition) is 4. The molecule has 1 aromatic carbocycles. The molecule has 1 heterocycles. The van der Waals surface area contributed by atoms with Crippen molar-refractivity contribution in [2.24, 2.45) is 5.73 Å². The Labute approximate surface area is 119 Å². The van der Waals surface area contributed by atoms with Crippen LogP contribution in [0.3, 0.4) is 0 Å². The zero-order valence-corrected chi connectivity index (χ0v) is 10.8. The Balaban J connectivity index is 2.25. The standard InChI is InChI=1S/C14H11FN4O2/c15-11-4-3-9(2-1-7-16)8-10(11)14(21)17-12-5-6-13(20)19-18-12/h3-6,8H,7,16H2,(H,19,20)(H,17,18,21). The topological polar surface area (TPSA) is 101 Å². The summed E-state index contributed by atoms with van der Waals surface area (Å²) in [5.41, 5.74) is 5.15. The highest BCUT2D eigenvalue weighted by molar-refractivity contribution is 6.04. The molecule has 2 rings (SSSR count). The Morgan fingerprint density at radius 2 is 2.19 bits per heavy atom. The number of nitrogens with one attached hydrogen (secondary N) is 2. The van der Waals surface area contributed by atoms with Gasteiger partial charge in [0.1, 0.15) is 5.82 Å². The Morgan fingerprint density at radius 3 is 2.86 bits per heavy atom. The van der Waals surface area contributed by atoms with Gasteiger partial charge in [-0.3, -0.25) is 9.59 Å². The molecular weight excluding hydrogens is 275 g/mol. The quantitative estimate of drug-likeness (QED) is 0.699. The highest BCUT2D eigenvalue weighted by Gasteiger charge is 2.13. The van der Waals surface area contributed by atoms with E-state index in [9.17, 15) is 14.0 Å². The number of H-pyrrole nitrogens is 1. The van der Waals surface area contributed by atoms with Crippen molar-refractivity contribution in [3.63, 3.8) is 0 Å². The Bertz CT molecular complexity index is 769. The van der Waals surface area contributed by atoms with Gasteiger partial charge in [0.25, 0.3) is 11.5 Å². The molecular formula is C14H11FN4O2. The predicted octanol–water partition coefficient (Wildman–Crippen LogP) is 0.471. The number of aromatic nitrogens is 2.